The summed E-state index contributed by atoms with van der Waals surface area (Å²) < 4.78 is 13.2. The summed E-state index contributed by atoms with van der Waals surface area (Å²) in [5.74, 6) is -0.316. The number of hydrogen-bond donors (Lipinski definition) is 1. The monoisotopic (exact) mass is 319 g/mol. The van der Waals surface area contributed by atoms with E-state index in [1.165, 1.54) is 6.07 Å². The Morgan fingerprint density at radius 1 is 1.39 bits per heavy atom. The Labute approximate surface area is 135 Å². The third-order valence-corrected chi connectivity index (χ3v) is 4.37. The van der Waals surface area contributed by atoms with Crippen molar-refractivity contribution in [3.05, 3.63) is 35.6 Å². The largest absolute Gasteiger partial charge is 0.353 e. The maximum atomic E-state index is 13.2. The Kier molecular flexibility index (Phi) is 4.91. The Morgan fingerprint density at radius 2 is 2.22 bits per heavy atom. The summed E-state index contributed by atoms with van der Waals surface area (Å²) in [6.45, 7) is 2.33. The van der Waals surface area contributed by atoms with E-state index in [-0.39, 0.29) is 24.2 Å². The van der Waals surface area contributed by atoms with E-state index in [4.69, 9.17) is 0 Å². The number of amides is 2. The van der Waals surface area contributed by atoms with Crippen molar-refractivity contribution in [2.24, 2.45) is 0 Å². The van der Waals surface area contributed by atoms with Crippen LogP contribution in [0.25, 0.3) is 0 Å². The Balaban J connectivity index is 1.54. The summed E-state index contributed by atoms with van der Waals surface area (Å²) in [7, 11) is 0. The zero-order valence-electron chi connectivity index (χ0n) is 13.1. The van der Waals surface area contributed by atoms with Gasteiger partial charge in [-0.15, -0.1) is 0 Å². The van der Waals surface area contributed by atoms with Gasteiger partial charge in [-0.05, 0) is 37.0 Å². The van der Waals surface area contributed by atoms with Crippen molar-refractivity contribution < 1.29 is 14.0 Å². The first-order valence-corrected chi connectivity index (χ1v) is 8.15. The van der Waals surface area contributed by atoms with Crippen molar-refractivity contribution in [3.8, 4) is 0 Å². The summed E-state index contributed by atoms with van der Waals surface area (Å²) in [5.41, 5.74) is 0.945. The first-order chi connectivity index (χ1) is 11.1. The summed E-state index contributed by atoms with van der Waals surface area (Å²) in [4.78, 5) is 27.6. The first kappa shape index (κ1) is 15.9. The zero-order valence-corrected chi connectivity index (χ0v) is 13.1. The van der Waals surface area contributed by atoms with Crippen LogP contribution in [0.3, 0.4) is 0 Å². The average molecular weight is 319 g/mol. The Morgan fingerprint density at radius 3 is 2.91 bits per heavy atom. The second kappa shape index (κ2) is 7.08. The predicted octanol–water partition coefficient (Wildman–Crippen LogP) is 0.791. The second-order valence-electron chi connectivity index (χ2n) is 6.25. The van der Waals surface area contributed by atoms with E-state index in [0.29, 0.717) is 25.7 Å². The standard InChI is InChI=1S/C17H22FN3O2/c18-14-3-1-2-13(10-14)6-8-20(15-4-5-15)12-17(23)21-9-7-19-16(22)11-21/h1-3,10,15H,4-9,11-12H2,(H,19,22). The molecule has 124 valence electrons. The molecule has 0 spiro atoms. The Hall–Kier alpha value is -1.95. The highest BCUT2D eigenvalue weighted by Gasteiger charge is 2.31. The van der Waals surface area contributed by atoms with Crippen LogP contribution in [0.15, 0.2) is 24.3 Å². The molecule has 1 aliphatic carbocycles. The van der Waals surface area contributed by atoms with Crippen molar-refractivity contribution in [2.75, 3.05) is 32.7 Å². The molecule has 2 aliphatic rings. The number of carbonyl (C=O) groups is 2. The van der Waals surface area contributed by atoms with Gasteiger partial charge in [0.05, 0.1) is 13.1 Å². The van der Waals surface area contributed by atoms with Gasteiger partial charge in [0.2, 0.25) is 11.8 Å². The van der Waals surface area contributed by atoms with Crippen LogP contribution in [0.2, 0.25) is 0 Å². The van der Waals surface area contributed by atoms with Crippen molar-refractivity contribution >= 4 is 11.8 Å². The van der Waals surface area contributed by atoms with Gasteiger partial charge in [-0.3, -0.25) is 14.5 Å². The van der Waals surface area contributed by atoms with Crippen molar-refractivity contribution in [1.29, 1.82) is 0 Å². The fourth-order valence-corrected chi connectivity index (χ4v) is 2.92. The van der Waals surface area contributed by atoms with E-state index in [9.17, 15) is 14.0 Å². The highest BCUT2D eigenvalue weighted by atomic mass is 19.1. The predicted molar refractivity (Wildman–Crippen MR) is 84.3 cm³/mol. The molecule has 2 fully saturated rings. The molecule has 23 heavy (non-hydrogen) atoms. The molecule has 2 amide bonds. The average Bonchev–Trinajstić information content (AvgIpc) is 3.36. The van der Waals surface area contributed by atoms with Gasteiger partial charge in [-0.1, -0.05) is 12.1 Å². The van der Waals surface area contributed by atoms with Gasteiger partial charge in [0, 0.05) is 25.7 Å². The minimum Gasteiger partial charge on any atom is -0.353 e. The SMILES string of the molecule is O=C1CN(C(=O)CN(CCc2cccc(F)c2)C2CC2)CCN1. The van der Waals surface area contributed by atoms with Gasteiger partial charge in [0.15, 0.2) is 0 Å². The molecule has 1 saturated heterocycles. The van der Waals surface area contributed by atoms with Gasteiger partial charge < -0.3 is 10.2 Å². The van der Waals surface area contributed by atoms with E-state index < -0.39 is 0 Å². The number of nitrogens with zero attached hydrogens (tertiary/aromatic N) is 2. The molecular weight excluding hydrogens is 297 g/mol. The van der Waals surface area contributed by atoms with E-state index >= 15 is 0 Å². The van der Waals surface area contributed by atoms with Crippen LogP contribution in [0.4, 0.5) is 4.39 Å². The smallest absolute Gasteiger partial charge is 0.239 e. The maximum Gasteiger partial charge on any atom is 0.239 e. The normalized spacial score (nSPS) is 18.2. The molecule has 1 aromatic carbocycles. The van der Waals surface area contributed by atoms with Crippen LogP contribution in [0, 0.1) is 5.82 Å². The quantitative estimate of drug-likeness (QED) is 0.843. The number of piperazine rings is 1. The van der Waals surface area contributed by atoms with Crippen LogP contribution in [-0.4, -0.2) is 60.4 Å². The van der Waals surface area contributed by atoms with Gasteiger partial charge in [0.1, 0.15) is 5.82 Å². The summed E-state index contributed by atoms with van der Waals surface area (Å²) in [5, 5.41) is 2.73. The molecule has 1 aromatic rings. The fraction of sp³-hybridized carbons (Fsp3) is 0.529. The molecule has 0 radical (unpaired) electrons. The number of rotatable bonds is 6. The maximum absolute atomic E-state index is 13.2. The summed E-state index contributed by atoms with van der Waals surface area (Å²) in [6, 6.07) is 7.05. The molecule has 6 heteroatoms. The van der Waals surface area contributed by atoms with Crippen LogP contribution in [0.5, 0.6) is 0 Å². The lowest BCUT2D eigenvalue weighted by Crippen LogP contribution is -2.52. The molecule has 0 aromatic heterocycles. The lowest BCUT2D eigenvalue weighted by molar-refractivity contribution is -0.139. The van der Waals surface area contributed by atoms with Crippen LogP contribution in [0.1, 0.15) is 18.4 Å². The highest BCUT2D eigenvalue weighted by molar-refractivity contribution is 5.86. The molecule has 1 N–H and O–H groups in total. The van der Waals surface area contributed by atoms with E-state index in [1.54, 1.807) is 17.0 Å². The lowest BCUT2D eigenvalue weighted by atomic mass is 10.1. The second-order valence-corrected chi connectivity index (χ2v) is 6.25. The molecule has 1 aliphatic heterocycles. The molecule has 3 rings (SSSR count). The number of carbonyl (C=O) groups excluding carboxylic acids is 2. The van der Waals surface area contributed by atoms with Gasteiger partial charge in [-0.25, -0.2) is 4.39 Å². The highest BCUT2D eigenvalue weighted by Crippen LogP contribution is 2.27. The Bertz CT molecular complexity index is 589. The fourth-order valence-electron chi connectivity index (χ4n) is 2.92. The molecule has 1 heterocycles. The van der Waals surface area contributed by atoms with Crippen LogP contribution >= 0.6 is 0 Å². The first-order valence-electron chi connectivity index (χ1n) is 8.15. The summed E-state index contributed by atoms with van der Waals surface area (Å²) in [6.07, 6.45) is 2.94. The minimum atomic E-state index is -0.226. The number of hydrogen-bond acceptors (Lipinski definition) is 3. The van der Waals surface area contributed by atoms with E-state index in [1.807, 2.05) is 6.07 Å². The minimum absolute atomic E-state index is 0.00555. The van der Waals surface area contributed by atoms with Crippen LogP contribution in [-0.2, 0) is 16.0 Å². The van der Waals surface area contributed by atoms with Crippen molar-refractivity contribution in [1.82, 2.24) is 15.1 Å². The number of nitrogens with one attached hydrogen (secondary N) is 1. The zero-order chi connectivity index (χ0) is 16.2. The third-order valence-electron chi connectivity index (χ3n) is 4.37. The number of benzene rings is 1. The molecular formula is C17H22FN3O2. The molecule has 0 bridgehead atoms. The van der Waals surface area contributed by atoms with E-state index in [2.05, 4.69) is 10.2 Å². The third kappa shape index (κ3) is 4.51. The van der Waals surface area contributed by atoms with Crippen molar-refractivity contribution in [2.45, 2.75) is 25.3 Å². The van der Waals surface area contributed by atoms with Gasteiger partial charge in [0.25, 0.3) is 0 Å². The van der Waals surface area contributed by atoms with Gasteiger partial charge in [-0.2, -0.15) is 0 Å². The van der Waals surface area contributed by atoms with E-state index in [0.717, 1.165) is 31.4 Å². The molecule has 0 unspecified atom stereocenters. The van der Waals surface area contributed by atoms with Crippen LogP contribution < -0.4 is 5.32 Å². The molecule has 0 atom stereocenters. The summed E-state index contributed by atoms with van der Waals surface area (Å²) >= 11 is 0. The number of halogens is 1. The topological polar surface area (TPSA) is 52.7 Å². The van der Waals surface area contributed by atoms with Crippen molar-refractivity contribution in [3.63, 3.8) is 0 Å². The molecule has 1 saturated carbocycles. The van der Waals surface area contributed by atoms with Gasteiger partial charge >= 0.3 is 0 Å². The lowest BCUT2D eigenvalue weighted by Gasteiger charge is -2.30. The molecule has 5 nitrogen and oxygen atoms in total.